The number of hydrogen-bond acceptors (Lipinski definition) is 3. The molecule has 132 valence electrons. The van der Waals surface area contributed by atoms with E-state index in [9.17, 15) is 18.4 Å². The van der Waals surface area contributed by atoms with Gasteiger partial charge in [0.2, 0.25) is 5.91 Å². The van der Waals surface area contributed by atoms with E-state index >= 15 is 0 Å². The van der Waals surface area contributed by atoms with Gasteiger partial charge in [0, 0.05) is 24.9 Å². The van der Waals surface area contributed by atoms with Gasteiger partial charge >= 0.3 is 0 Å². The van der Waals surface area contributed by atoms with Crippen molar-refractivity contribution in [2.24, 2.45) is 0 Å². The van der Waals surface area contributed by atoms with Crippen LogP contribution < -0.4 is 10.6 Å². The molecule has 2 aromatic rings. The van der Waals surface area contributed by atoms with Gasteiger partial charge in [-0.05, 0) is 35.9 Å². The molecule has 0 atom stereocenters. The number of nitrogens with one attached hydrogen (secondary N) is 2. The Morgan fingerprint density at radius 1 is 1.04 bits per heavy atom. The fourth-order valence-corrected chi connectivity index (χ4v) is 2.09. The van der Waals surface area contributed by atoms with Gasteiger partial charge in [-0.25, -0.2) is 8.78 Å². The fourth-order valence-electron chi connectivity index (χ4n) is 2.09. The second kappa shape index (κ2) is 8.89. The molecule has 0 aromatic heterocycles. The zero-order valence-corrected chi connectivity index (χ0v) is 13.6. The first-order valence-electron chi connectivity index (χ1n) is 7.60. The SMILES string of the molecule is COCCNC(=O)Cc1ccc(NC(=O)c2ccc(F)c(F)c2)cc1. The Morgan fingerprint density at radius 2 is 1.76 bits per heavy atom. The van der Waals surface area contributed by atoms with Crippen LogP contribution in [0.3, 0.4) is 0 Å². The molecule has 0 aliphatic rings. The van der Waals surface area contributed by atoms with Gasteiger partial charge in [-0.1, -0.05) is 12.1 Å². The Labute approximate surface area is 144 Å². The van der Waals surface area contributed by atoms with Gasteiger partial charge in [0.25, 0.3) is 5.91 Å². The summed E-state index contributed by atoms with van der Waals surface area (Å²) in [5.41, 5.74) is 1.28. The zero-order valence-electron chi connectivity index (χ0n) is 13.6. The number of carbonyl (C=O) groups is 2. The molecule has 2 rings (SSSR count). The largest absolute Gasteiger partial charge is 0.383 e. The first kappa shape index (κ1) is 18.5. The Hall–Kier alpha value is -2.80. The van der Waals surface area contributed by atoms with Crippen LogP contribution >= 0.6 is 0 Å². The smallest absolute Gasteiger partial charge is 0.255 e. The minimum Gasteiger partial charge on any atom is -0.383 e. The highest BCUT2D eigenvalue weighted by atomic mass is 19.2. The van der Waals surface area contributed by atoms with E-state index in [1.807, 2.05) is 0 Å². The minimum absolute atomic E-state index is 0.0143. The number of amides is 2. The second-order valence-corrected chi connectivity index (χ2v) is 5.30. The van der Waals surface area contributed by atoms with Crippen molar-refractivity contribution in [2.75, 3.05) is 25.6 Å². The Kier molecular flexibility index (Phi) is 6.59. The number of hydrogen-bond donors (Lipinski definition) is 2. The molecule has 25 heavy (non-hydrogen) atoms. The van der Waals surface area contributed by atoms with Gasteiger partial charge in [-0.15, -0.1) is 0 Å². The Balaban J connectivity index is 1.92. The third kappa shape index (κ3) is 5.65. The predicted octanol–water partition coefficient (Wildman–Crippen LogP) is 2.52. The lowest BCUT2D eigenvalue weighted by Crippen LogP contribution is -2.28. The summed E-state index contributed by atoms with van der Waals surface area (Å²) in [6.45, 7) is 0.887. The molecule has 0 bridgehead atoms. The molecule has 0 aliphatic carbocycles. The van der Waals surface area contributed by atoms with E-state index in [2.05, 4.69) is 10.6 Å². The van der Waals surface area contributed by atoms with Crippen LogP contribution in [0.2, 0.25) is 0 Å². The summed E-state index contributed by atoms with van der Waals surface area (Å²) < 4.78 is 30.9. The van der Waals surface area contributed by atoms with Crippen LogP contribution in [0.5, 0.6) is 0 Å². The van der Waals surface area contributed by atoms with Crippen LogP contribution in [-0.2, 0) is 16.0 Å². The maximum absolute atomic E-state index is 13.2. The van der Waals surface area contributed by atoms with Crippen molar-refractivity contribution in [3.8, 4) is 0 Å². The van der Waals surface area contributed by atoms with Crippen LogP contribution in [0.25, 0.3) is 0 Å². The molecule has 5 nitrogen and oxygen atoms in total. The van der Waals surface area contributed by atoms with Gasteiger partial charge in [0.05, 0.1) is 13.0 Å². The van der Waals surface area contributed by atoms with Crippen LogP contribution in [0.4, 0.5) is 14.5 Å². The lowest BCUT2D eigenvalue weighted by atomic mass is 10.1. The Morgan fingerprint density at radius 3 is 2.40 bits per heavy atom. The summed E-state index contributed by atoms with van der Waals surface area (Å²) in [6.07, 6.45) is 0.209. The number of anilines is 1. The van der Waals surface area contributed by atoms with Gasteiger partial charge in [0.1, 0.15) is 0 Å². The van der Waals surface area contributed by atoms with Crippen molar-refractivity contribution in [3.05, 3.63) is 65.2 Å². The average Bonchev–Trinajstić information content (AvgIpc) is 2.59. The van der Waals surface area contributed by atoms with E-state index in [1.54, 1.807) is 31.4 Å². The van der Waals surface area contributed by atoms with E-state index in [-0.39, 0.29) is 17.9 Å². The summed E-state index contributed by atoms with van der Waals surface area (Å²) in [4.78, 5) is 23.7. The number of methoxy groups -OCH3 is 1. The molecule has 0 spiro atoms. The molecule has 0 saturated carbocycles. The summed E-state index contributed by atoms with van der Waals surface area (Å²) in [5.74, 6) is -2.77. The van der Waals surface area contributed by atoms with Gasteiger partial charge in [-0.2, -0.15) is 0 Å². The number of carbonyl (C=O) groups excluding carboxylic acids is 2. The molecular weight excluding hydrogens is 330 g/mol. The van der Waals surface area contributed by atoms with Crippen LogP contribution in [0.1, 0.15) is 15.9 Å². The van der Waals surface area contributed by atoms with Gasteiger partial charge in [-0.3, -0.25) is 9.59 Å². The average molecular weight is 348 g/mol. The van der Waals surface area contributed by atoms with Crippen molar-refractivity contribution in [3.63, 3.8) is 0 Å². The topological polar surface area (TPSA) is 67.4 Å². The number of halogens is 2. The van der Waals surface area contributed by atoms with Crippen molar-refractivity contribution in [2.45, 2.75) is 6.42 Å². The molecule has 2 N–H and O–H groups in total. The lowest BCUT2D eigenvalue weighted by Gasteiger charge is -2.08. The third-order valence-corrected chi connectivity index (χ3v) is 3.39. The third-order valence-electron chi connectivity index (χ3n) is 3.39. The first-order valence-corrected chi connectivity index (χ1v) is 7.60. The highest BCUT2D eigenvalue weighted by molar-refractivity contribution is 6.04. The number of rotatable bonds is 7. The van der Waals surface area contributed by atoms with Crippen LogP contribution in [-0.4, -0.2) is 32.1 Å². The van der Waals surface area contributed by atoms with E-state index < -0.39 is 17.5 Å². The first-order chi connectivity index (χ1) is 12.0. The summed E-state index contributed by atoms with van der Waals surface area (Å²) >= 11 is 0. The van der Waals surface area contributed by atoms with E-state index in [0.717, 1.165) is 17.7 Å². The van der Waals surface area contributed by atoms with E-state index in [4.69, 9.17) is 4.74 Å². The molecule has 0 fully saturated rings. The van der Waals surface area contributed by atoms with E-state index in [0.29, 0.717) is 18.8 Å². The van der Waals surface area contributed by atoms with Crippen molar-refractivity contribution in [1.82, 2.24) is 5.32 Å². The number of ether oxygens (including phenoxy) is 1. The van der Waals surface area contributed by atoms with Crippen LogP contribution in [0, 0.1) is 11.6 Å². The molecule has 0 saturated heterocycles. The summed E-state index contributed by atoms with van der Waals surface area (Å²) in [6, 6.07) is 9.62. The molecule has 7 heteroatoms. The van der Waals surface area contributed by atoms with Gasteiger partial charge in [0.15, 0.2) is 11.6 Å². The fraction of sp³-hybridized carbons (Fsp3) is 0.222. The normalized spacial score (nSPS) is 10.4. The second-order valence-electron chi connectivity index (χ2n) is 5.30. The minimum atomic E-state index is -1.08. The number of benzene rings is 2. The molecule has 0 heterocycles. The van der Waals surface area contributed by atoms with Crippen molar-refractivity contribution < 1.29 is 23.1 Å². The molecule has 0 aliphatic heterocycles. The highest BCUT2D eigenvalue weighted by Gasteiger charge is 2.10. The van der Waals surface area contributed by atoms with Crippen molar-refractivity contribution >= 4 is 17.5 Å². The zero-order chi connectivity index (χ0) is 18.2. The summed E-state index contributed by atoms with van der Waals surface area (Å²) in [7, 11) is 1.56. The Bertz CT molecular complexity index is 748. The standard InChI is InChI=1S/C18H18F2N2O3/c1-25-9-8-21-17(23)10-12-2-5-14(6-3-12)22-18(24)13-4-7-15(19)16(20)11-13/h2-7,11H,8-10H2,1H3,(H,21,23)(H,22,24). The van der Waals surface area contributed by atoms with Crippen molar-refractivity contribution in [1.29, 1.82) is 0 Å². The quantitative estimate of drug-likeness (QED) is 0.756. The highest BCUT2D eigenvalue weighted by Crippen LogP contribution is 2.14. The monoisotopic (exact) mass is 348 g/mol. The molecule has 2 aromatic carbocycles. The lowest BCUT2D eigenvalue weighted by molar-refractivity contribution is -0.120. The maximum Gasteiger partial charge on any atom is 0.255 e. The molecule has 2 amide bonds. The predicted molar refractivity (Wildman–Crippen MR) is 89.3 cm³/mol. The molecular formula is C18H18F2N2O3. The van der Waals surface area contributed by atoms with E-state index in [1.165, 1.54) is 6.07 Å². The molecule has 0 unspecified atom stereocenters. The van der Waals surface area contributed by atoms with Crippen LogP contribution in [0.15, 0.2) is 42.5 Å². The maximum atomic E-state index is 13.2. The molecule has 0 radical (unpaired) electrons. The summed E-state index contributed by atoms with van der Waals surface area (Å²) in [5, 5.41) is 5.29. The van der Waals surface area contributed by atoms with Gasteiger partial charge < -0.3 is 15.4 Å².